The summed E-state index contributed by atoms with van der Waals surface area (Å²) in [4.78, 5) is 17.0. The standard InChI is InChI=1S/C23H30N2O2/c1-17-7-8-20(18(2)14-17)15-24(3)23(26)16-25-13-5-6-22(25)19-9-11-21(27-4)12-10-19/h7-12,14,22H,5-6,13,15-16H2,1-4H3/t22-/m0/s1. The van der Waals surface area contributed by atoms with Gasteiger partial charge in [0.1, 0.15) is 5.75 Å². The van der Waals surface area contributed by atoms with E-state index in [1.165, 1.54) is 22.3 Å². The fourth-order valence-corrected chi connectivity index (χ4v) is 3.88. The molecule has 4 nitrogen and oxygen atoms in total. The average Bonchev–Trinajstić information content (AvgIpc) is 3.12. The van der Waals surface area contributed by atoms with E-state index in [9.17, 15) is 4.79 Å². The molecule has 2 aromatic carbocycles. The summed E-state index contributed by atoms with van der Waals surface area (Å²) >= 11 is 0. The van der Waals surface area contributed by atoms with E-state index >= 15 is 0 Å². The van der Waals surface area contributed by atoms with Gasteiger partial charge in [0, 0.05) is 19.6 Å². The van der Waals surface area contributed by atoms with Gasteiger partial charge in [0.15, 0.2) is 0 Å². The second-order valence-electron chi connectivity index (χ2n) is 7.58. The zero-order valence-electron chi connectivity index (χ0n) is 16.9. The van der Waals surface area contributed by atoms with E-state index in [2.05, 4.69) is 49.1 Å². The van der Waals surface area contributed by atoms with Crippen LogP contribution in [0, 0.1) is 13.8 Å². The SMILES string of the molecule is COc1ccc([C@@H]2CCCN2CC(=O)N(C)Cc2ccc(C)cc2C)cc1. The number of likely N-dealkylation sites (N-methyl/N-ethyl adjacent to an activating group) is 1. The lowest BCUT2D eigenvalue weighted by Gasteiger charge is -2.27. The first-order chi connectivity index (χ1) is 13.0. The van der Waals surface area contributed by atoms with Crippen LogP contribution in [0.25, 0.3) is 0 Å². The van der Waals surface area contributed by atoms with Crippen LogP contribution in [-0.2, 0) is 11.3 Å². The number of methoxy groups -OCH3 is 1. The Hall–Kier alpha value is -2.33. The number of amides is 1. The Bertz CT molecular complexity index is 785. The highest BCUT2D eigenvalue weighted by atomic mass is 16.5. The fraction of sp³-hybridized carbons (Fsp3) is 0.435. The molecule has 0 aromatic heterocycles. The van der Waals surface area contributed by atoms with Crippen molar-refractivity contribution in [3.8, 4) is 5.75 Å². The van der Waals surface area contributed by atoms with Gasteiger partial charge in [-0.3, -0.25) is 9.69 Å². The van der Waals surface area contributed by atoms with Crippen molar-refractivity contribution in [2.45, 2.75) is 39.3 Å². The van der Waals surface area contributed by atoms with Gasteiger partial charge in [0.25, 0.3) is 0 Å². The Morgan fingerprint density at radius 2 is 1.93 bits per heavy atom. The summed E-state index contributed by atoms with van der Waals surface area (Å²) in [6.45, 7) is 6.31. The molecule has 0 saturated carbocycles. The number of likely N-dealkylation sites (tertiary alicyclic amines) is 1. The van der Waals surface area contributed by atoms with Gasteiger partial charge in [-0.2, -0.15) is 0 Å². The van der Waals surface area contributed by atoms with Crippen LogP contribution >= 0.6 is 0 Å². The highest BCUT2D eigenvalue weighted by molar-refractivity contribution is 5.78. The van der Waals surface area contributed by atoms with Gasteiger partial charge >= 0.3 is 0 Å². The van der Waals surface area contributed by atoms with Crippen molar-refractivity contribution in [1.82, 2.24) is 9.80 Å². The summed E-state index contributed by atoms with van der Waals surface area (Å²) in [6.07, 6.45) is 2.23. The third-order valence-electron chi connectivity index (χ3n) is 5.53. The minimum absolute atomic E-state index is 0.176. The van der Waals surface area contributed by atoms with Crippen LogP contribution in [-0.4, -0.2) is 43.0 Å². The quantitative estimate of drug-likeness (QED) is 0.771. The highest BCUT2D eigenvalue weighted by Crippen LogP contribution is 2.32. The lowest BCUT2D eigenvalue weighted by Crippen LogP contribution is -2.38. The first-order valence-corrected chi connectivity index (χ1v) is 9.66. The molecule has 1 aliphatic rings. The van der Waals surface area contributed by atoms with Gasteiger partial charge in [-0.05, 0) is 62.1 Å². The highest BCUT2D eigenvalue weighted by Gasteiger charge is 2.28. The summed E-state index contributed by atoms with van der Waals surface area (Å²) < 4.78 is 5.25. The smallest absolute Gasteiger partial charge is 0.236 e. The first kappa shape index (κ1) is 19.4. The molecule has 0 aliphatic carbocycles. The van der Waals surface area contributed by atoms with Crippen LogP contribution in [0.1, 0.15) is 41.1 Å². The molecule has 0 spiro atoms. The largest absolute Gasteiger partial charge is 0.497 e. The first-order valence-electron chi connectivity index (χ1n) is 9.66. The molecule has 0 N–H and O–H groups in total. The Morgan fingerprint density at radius 1 is 1.19 bits per heavy atom. The minimum Gasteiger partial charge on any atom is -0.497 e. The maximum Gasteiger partial charge on any atom is 0.236 e. The number of nitrogens with zero attached hydrogens (tertiary/aromatic N) is 2. The number of rotatable bonds is 6. The third-order valence-corrected chi connectivity index (χ3v) is 5.53. The van der Waals surface area contributed by atoms with Gasteiger partial charge in [-0.25, -0.2) is 0 Å². The molecule has 1 atom stereocenters. The van der Waals surface area contributed by atoms with E-state index in [-0.39, 0.29) is 5.91 Å². The van der Waals surface area contributed by atoms with Crippen LogP contribution in [0.2, 0.25) is 0 Å². The molecule has 1 aliphatic heterocycles. The summed E-state index contributed by atoms with van der Waals surface area (Å²) in [5, 5.41) is 0. The Morgan fingerprint density at radius 3 is 2.59 bits per heavy atom. The summed E-state index contributed by atoms with van der Waals surface area (Å²) in [7, 11) is 3.58. The number of carbonyl (C=O) groups excluding carboxylic acids is 1. The third kappa shape index (κ3) is 4.69. The Balaban J connectivity index is 1.63. The Labute approximate surface area is 162 Å². The van der Waals surface area contributed by atoms with E-state index in [4.69, 9.17) is 4.74 Å². The van der Waals surface area contributed by atoms with E-state index in [0.717, 1.165) is 25.1 Å². The van der Waals surface area contributed by atoms with Crippen LogP contribution in [0.4, 0.5) is 0 Å². The maximum atomic E-state index is 12.8. The predicted octanol–water partition coefficient (Wildman–Crippen LogP) is 4.11. The second kappa shape index (κ2) is 8.57. The van der Waals surface area contributed by atoms with E-state index in [1.54, 1.807) is 7.11 Å². The van der Waals surface area contributed by atoms with Crippen LogP contribution < -0.4 is 4.74 Å². The summed E-state index contributed by atoms with van der Waals surface area (Å²) in [5.74, 6) is 1.04. The lowest BCUT2D eigenvalue weighted by molar-refractivity contribution is -0.131. The minimum atomic E-state index is 0.176. The van der Waals surface area contributed by atoms with Gasteiger partial charge in [0.2, 0.25) is 5.91 Å². The van der Waals surface area contributed by atoms with Crippen molar-refractivity contribution in [3.63, 3.8) is 0 Å². The van der Waals surface area contributed by atoms with Crippen molar-refractivity contribution < 1.29 is 9.53 Å². The number of aryl methyl sites for hydroxylation is 2. The van der Waals surface area contributed by atoms with Crippen molar-refractivity contribution >= 4 is 5.91 Å². The monoisotopic (exact) mass is 366 g/mol. The average molecular weight is 367 g/mol. The Kier molecular flexibility index (Phi) is 6.17. The van der Waals surface area contributed by atoms with E-state index in [0.29, 0.717) is 19.1 Å². The van der Waals surface area contributed by atoms with E-state index in [1.807, 2.05) is 24.1 Å². The van der Waals surface area contributed by atoms with Gasteiger partial charge in [-0.1, -0.05) is 35.9 Å². The molecule has 1 amide bonds. The zero-order chi connectivity index (χ0) is 19.4. The number of ether oxygens (including phenoxy) is 1. The predicted molar refractivity (Wildman–Crippen MR) is 109 cm³/mol. The zero-order valence-corrected chi connectivity index (χ0v) is 16.9. The molecular weight excluding hydrogens is 336 g/mol. The molecule has 1 heterocycles. The van der Waals surface area contributed by atoms with Crippen molar-refractivity contribution in [1.29, 1.82) is 0 Å². The van der Waals surface area contributed by atoms with Gasteiger partial charge in [0.05, 0.1) is 13.7 Å². The second-order valence-corrected chi connectivity index (χ2v) is 7.58. The lowest BCUT2D eigenvalue weighted by atomic mass is 10.0. The molecule has 27 heavy (non-hydrogen) atoms. The number of carbonyl (C=O) groups is 1. The molecule has 2 aromatic rings. The van der Waals surface area contributed by atoms with Crippen molar-refractivity contribution in [2.24, 2.45) is 0 Å². The van der Waals surface area contributed by atoms with Crippen LogP contribution in [0.15, 0.2) is 42.5 Å². The summed E-state index contributed by atoms with van der Waals surface area (Å²) in [6, 6.07) is 15.0. The molecule has 1 saturated heterocycles. The fourth-order valence-electron chi connectivity index (χ4n) is 3.88. The van der Waals surface area contributed by atoms with Gasteiger partial charge < -0.3 is 9.64 Å². The molecular formula is C23H30N2O2. The normalized spacial score (nSPS) is 17.1. The van der Waals surface area contributed by atoms with Crippen LogP contribution in [0.3, 0.4) is 0 Å². The number of hydrogen-bond donors (Lipinski definition) is 0. The number of hydrogen-bond acceptors (Lipinski definition) is 3. The molecule has 4 heteroatoms. The molecule has 3 rings (SSSR count). The van der Waals surface area contributed by atoms with Crippen molar-refractivity contribution in [2.75, 3.05) is 27.2 Å². The molecule has 144 valence electrons. The van der Waals surface area contributed by atoms with E-state index < -0.39 is 0 Å². The molecule has 0 unspecified atom stereocenters. The maximum absolute atomic E-state index is 12.8. The molecule has 0 radical (unpaired) electrons. The van der Waals surface area contributed by atoms with Gasteiger partial charge in [-0.15, -0.1) is 0 Å². The number of benzene rings is 2. The topological polar surface area (TPSA) is 32.8 Å². The van der Waals surface area contributed by atoms with Crippen molar-refractivity contribution in [3.05, 3.63) is 64.7 Å². The summed E-state index contributed by atoms with van der Waals surface area (Å²) in [5.41, 5.74) is 4.97. The van der Waals surface area contributed by atoms with Crippen LogP contribution in [0.5, 0.6) is 5.75 Å². The molecule has 1 fully saturated rings. The molecule has 0 bridgehead atoms.